The van der Waals surface area contributed by atoms with Gasteiger partial charge in [-0.15, -0.1) is 0 Å². The molecule has 2 aliphatic heterocycles. The molecule has 4 heterocycles. The van der Waals surface area contributed by atoms with Crippen LogP contribution in [0.2, 0.25) is 0 Å². The van der Waals surface area contributed by atoms with Crippen LogP contribution in [0.15, 0.2) is 30.6 Å². The minimum Gasteiger partial charge on any atom is -0.378 e. The topological polar surface area (TPSA) is 46.4 Å². The van der Waals surface area contributed by atoms with Gasteiger partial charge >= 0.3 is 0 Å². The number of hydrogen-bond donors (Lipinski definition) is 0. The highest BCUT2D eigenvalue weighted by Crippen LogP contribution is 2.23. The van der Waals surface area contributed by atoms with Gasteiger partial charge in [0, 0.05) is 50.8 Å². The van der Waals surface area contributed by atoms with Crippen molar-refractivity contribution in [3.05, 3.63) is 41.9 Å². The SMILES string of the molecule is CC(C)c1ccnn1CCC(C)c1ccc(N2CCN(C3COC3)CC2)nc1. The second kappa shape index (κ2) is 8.62. The first kappa shape index (κ1) is 19.4. The fourth-order valence-electron chi connectivity index (χ4n) is 4.13. The summed E-state index contributed by atoms with van der Waals surface area (Å²) in [5.74, 6) is 2.09. The predicted octanol–water partition coefficient (Wildman–Crippen LogP) is 3.12. The molecule has 0 radical (unpaired) electrons. The Morgan fingerprint density at radius 1 is 1.07 bits per heavy atom. The van der Waals surface area contributed by atoms with Crippen molar-refractivity contribution < 1.29 is 4.74 Å². The summed E-state index contributed by atoms with van der Waals surface area (Å²) in [6, 6.07) is 7.22. The summed E-state index contributed by atoms with van der Waals surface area (Å²) in [5, 5.41) is 4.49. The summed E-state index contributed by atoms with van der Waals surface area (Å²) in [7, 11) is 0. The van der Waals surface area contributed by atoms with Gasteiger partial charge in [0.05, 0.1) is 19.3 Å². The maximum atomic E-state index is 5.32. The monoisotopic (exact) mass is 383 g/mol. The molecule has 2 saturated heterocycles. The van der Waals surface area contributed by atoms with Crippen molar-refractivity contribution in [3.8, 4) is 0 Å². The summed E-state index contributed by atoms with van der Waals surface area (Å²) in [6.07, 6.45) is 5.05. The Morgan fingerprint density at radius 2 is 1.86 bits per heavy atom. The number of nitrogens with zero attached hydrogens (tertiary/aromatic N) is 5. The molecule has 1 unspecified atom stereocenters. The number of pyridine rings is 1. The Balaban J connectivity index is 1.29. The van der Waals surface area contributed by atoms with Gasteiger partial charge in [0.2, 0.25) is 0 Å². The Bertz CT molecular complexity index is 745. The van der Waals surface area contributed by atoms with Crippen LogP contribution in [0.4, 0.5) is 5.82 Å². The van der Waals surface area contributed by atoms with Crippen molar-refractivity contribution in [2.75, 3.05) is 44.3 Å². The maximum Gasteiger partial charge on any atom is 0.128 e. The number of rotatable bonds is 7. The second-order valence-corrected chi connectivity index (χ2v) is 8.49. The molecule has 2 aliphatic rings. The zero-order chi connectivity index (χ0) is 19.5. The molecule has 6 nitrogen and oxygen atoms in total. The molecule has 152 valence electrons. The second-order valence-electron chi connectivity index (χ2n) is 8.49. The first-order valence-corrected chi connectivity index (χ1v) is 10.7. The van der Waals surface area contributed by atoms with Crippen LogP contribution in [-0.4, -0.2) is 65.1 Å². The van der Waals surface area contributed by atoms with E-state index in [0.29, 0.717) is 17.9 Å². The van der Waals surface area contributed by atoms with Gasteiger partial charge in [-0.1, -0.05) is 26.8 Å². The van der Waals surface area contributed by atoms with Crippen LogP contribution in [0, 0.1) is 0 Å². The van der Waals surface area contributed by atoms with Crippen molar-refractivity contribution in [1.29, 1.82) is 0 Å². The molecule has 0 spiro atoms. The van der Waals surface area contributed by atoms with Crippen LogP contribution >= 0.6 is 0 Å². The highest BCUT2D eigenvalue weighted by molar-refractivity contribution is 5.40. The van der Waals surface area contributed by atoms with Crippen LogP contribution in [0.1, 0.15) is 50.3 Å². The molecule has 28 heavy (non-hydrogen) atoms. The largest absolute Gasteiger partial charge is 0.378 e. The quantitative estimate of drug-likeness (QED) is 0.735. The van der Waals surface area contributed by atoms with Crippen molar-refractivity contribution in [2.24, 2.45) is 0 Å². The molecule has 2 aromatic heterocycles. The molecule has 0 N–H and O–H groups in total. The first-order chi connectivity index (χ1) is 13.6. The lowest BCUT2D eigenvalue weighted by molar-refractivity contribution is -0.0661. The average Bonchev–Trinajstić information content (AvgIpc) is 3.14. The van der Waals surface area contributed by atoms with E-state index in [4.69, 9.17) is 9.72 Å². The fourth-order valence-corrected chi connectivity index (χ4v) is 4.13. The predicted molar refractivity (Wildman–Crippen MR) is 112 cm³/mol. The third-order valence-corrected chi connectivity index (χ3v) is 6.23. The van der Waals surface area contributed by atoms with E-state index >= 15 is 0 Å². The molecule has 4 rings (SSSR count). The Labute approximate surface area is 168 Å². The summed E-state index contributed by atoms with van der Waals surface area (Å²) < 4.78 is 7.47. The van der Waals surface area contributed by atoms with Gasteiger partial charge in [-0.25, -0.2) is 4.98 Å². The smallest absolute Gasteiger partial charge is 0.128 e. The third kappa shape index (κ3) is 4.23. The minimum atomic E-state index is 0.473. The molecule has 2 aromatic rings. The number of hydrogen-bond acceptors (Lipinski definition) is 5. The van der Waals surface area contributed by atoms with Crippen molar-refractivity contribution in [1.82, 2.24) is 19.7 Å². The molecule has 6 heteroatoms. The first-order valence-electron chi connectivity index (χ1n) is 10.7. The zero-order valence-electron chi connectivity index (χ0n) is 17.4. The number of ether oxygens (including phenoxy) is 1. The van der Waals surface area contributed by atoms with Crippen LogP contribution in [0.5, 0.6) is 0 Å². The minimum absolute atomic E-state index is 0.473. The Hall–Kier alpha value is -1.92. The molecule has 0 saturated carbocycles. The van der Waals surface area contributed by atoms with Crippen molar-refractivity contribution in [3.63, 3.8) is 0 Å². The molecule has 2 fully saturated rings. The van der Waals surface area contributed by atoms with E-state index in [-0.39, 0.29) is 0 Å². The van der Waals surface area contributed by atoms with Crippen LogP contribution in [0.3, 0.4) is 0 Å². The number of piperazine rings is 1. The van der Waals surface area contributed by atoms with Gasteiger partial charge in [0.25, 0.3) is 0 Å². The molecule has 1 atom stereocenters. The van der Waals surface area contributed by atoms with E-state index in [9.17, 15) is 0 Å². The normalized spacial score (nSPS) is 19.8. The number of aromatic nitrogens is 3. The molecular weight excluding hydrogens is 350 g/mol. The Morgan fingerprint density at radius 3 is 2.46 bits per heavy atom. The van der Waals surface area contributed by atoms with Crippen LogP contribution in [0.25, 0.3) is 0 Å². The maximum absolute atomic E-state index is 5.32. The number of aryl methyl sites for hydroxylation is 1. The highest BCUT2D eigenvalue weighted by atomic mass is 16.5. The summed E-state index contributed by atoms with van der Waals surface area (Å²) in [4.78, 5) is 9.74. The van der Waals surface area contributed by atoms with E-state index in [1.165, 1.54) is 11.3 Å². The lowest BCUT2D eigenvalue weighted by Crippen LogP contribution is -2.56. The summed E-state index contributed by atoms with van der Waals surface area (Å²) in [5.41, 5.74) is 2.63. The fraction of sp³-hybridized carbons (Fsp3) is 0.636. The van der Waals surface area contributed by atoms with E-state index in [2.05, 4.69) is 64.7 Å². The van der Waals surface area contributed by atoms with Gasteiger partial charge in [0.15, 0.2) is 0 Å². The lowest BCUT2D eigenvalue weighted by Gasteiger charge is -2.42. The Kier molecular flexibility index (Phi) is 5.97. The van der Waals surface area contributed by atoms with Gasteiger partial charge in [-0.05, 0) is 36.0 Å². The molecular formula is C22H33N5O. The van der Waals surface area contributed by atoms with E-state index in [1.807, 2.05) is 6.20 Å². The molecule has 0 aliphatic carbocycles. The molecule has 0 amide bonds. The molecule has 0 aromatic carbocycles. The molecule has 0 bridgehead atoms. The average molecular weight is 384 g/mol. The van der Waals surface area contributed by atoms with Gasteiger partial charge < -0.3 is 9.64 Å². The number of anilines is 1. The summed E-state index contributed by atoms with van der Waals surface area (Å²) in [6.45, 7) is 13.8. The standard InChI is InChI=1S/C22H33N5O/c1-17(2)21-6-8-24-27(21)9-7-18(3)19-4-5-22(23-14-19)26-12-10-25(11-13-26)20-15-28-16-20/h4-6,8,14,17-18,20H,7,9-13,15-16H2,1-3H3. The third-order valence-electron chi connectivity index (χ3n) is 6.23. The summed E-state index contributed by atoms with van der Waals surface area (Å²) >= 11 is 0. The van der Waals surface area contributed by atoms with Gasteiger partial charge in [0.1, 0.15) is 5.82 Å². The van der Waals surface area contributed by atoms with Gasteiger partial charge in [-0.2, -0.15) is 5.10 Å². The van der Waals surface area contributed by atoms with Crippen molar-refractivity contribution >= 4 is 5.82 Å². The highest BCUT2D eigenvalue weighted by Gasteiger charge is 2.29. The van der Waals surface area contributed by atoms with E-state index < -0.39 is 0 Å². The van der Waals surface area contributed by atoms with E-state index in [1.54, 1.807) is 0 Å². The van der Waals surface area contributed by atoms with Gasteiger partial charge in [-0.3, -0.25) is 9.58 Å². The van der Waals surface area contributed by atoms with E-state index in [0.717, 1.165) is 58.2 Å². The zero-order valence-corrected chi connectivity index (χ0v) is 17.4. The van der Waals surface area contributed by atoms with Crippen LogP contribution in [-0.2, 0) is 11.3 Å². The van der Waals surface area contributed by atoms with Crippen LogP contribution < -0.4 is 4.90 Å². The van der Waals surface area contributed by atoms with Crippen molar-refractivity contribution in [2.45, 2.75) is 51.6 Å². The lowest BCUT2D eigenvalue weighted by atomic mass is 9.99.